The van der Waals surface area contributed by atoms with Crippen LogP contribution in [0.3, 0.4) is 0 Å². The van der Waals surface area contributed by atoms with Crippen molar-refractivity contribution in [1.82, 2.24) is 10.6 Å². The van der Waals surface area contributed by atoms with Crippen LogP contribution in [0.25, 0.3) is 11.1 Å². The number of fused-ring (bicyclic) bond motifs is 3. The van der Waals surface area contributed by atoms with Crippen LogP contribution in [0.5, 0.6) is 0 Å². The van der Waals surface area contributed by atoms with Crippen molar-refractivity contribution in [2.45, 2.75) is 32.6 Å². The Kier molecular flexibility index (Phi) is 7.87. The Morgan fingerprint density at radius 1 is 0.969 bits per heavy atom. The number of aliphatic carboxylic acids is 1. The van der Waals surface area contributed by atoms with Crippen molar-refractivity contribution < 1.29 is 24.2 Å². The lowest BCUT2D eigenvalue weighted by Crippen LogP contribution is -2.33. The fraction of sp³-hybridized carbons (Fsp3) is 0.400. The molecular weight excluding hydrogens is 408 g/mol. The van der Waals surface area contributed by atoms with Crippen LogP contribution in [0, 0.1) is 11.8 Å². The predicted octanol–water partition coefficient (Wildman–Crippen LogP) is 3.78. The molecule has 3 N–H and O–H groups in total. The highest BCUT2D eigenvalue weighted by Crippen LogP contribution is 2.44. The van der Waals surface area contributed by atoms with Gasteiger partial charge in [0, 0.05) is 25.4 Å². The van der Waals surface area contributed by atoms with Crippen molar-refractivity contribution in [1.29, 1.82) is 0 Å². The van der Waals surface area contributed by atoms with Gasteiger partial charge in [0.05, 0.1) is 5.92 Å². The van der Waals surface area contributed by atoms with E-state index in [1.165, 1.54) is 22.3 Å². The predicted molar refractivity (Wildman–Crippen MR) is 121 cm³/mol. The summed E-state index contributed by atoms with van der Waals surface area (Å²) >= 11 is 0. The normalized spacial score (nSPS) is 14.1. The molecule has 7 nitrogen and oxygen atoms in total. The van der Waals surface area contributed by atoms with E-state index >= 15 is 0 Å². The number of carbonyl (C=O) groups is 3. The van der Waals surface area contributed by atoms with Crippen molar-refractivity contribution in [2.24, 2.45) is 11.8 Å². The van der Waals surface area contributed by atoms with E-state index in [1.54, 1.807) is 6.92 Å². The molecule has 0 saturated carbocycles. The number of benzene rings is 2. The Bertz CT molecular complexity index is 929. The summed E-state index contributed by atoms with van der Waals surface area (Å²) < 4.78 is 5.50. The van der Waals surface area contributed by atoms with E-state index in [-0.39, 0.29) is 37.3 Å². The Morgan fingerprint density at radius 3 is 2.16 bits per heavy atom. The maximum Gasteiger partial charge on any atom is 0.407 e. The summed E-state index contributed by atoms with van der Waals surface area (Å²) in [7, 11) is 0. The molecule has 7 heteroatoms. The van der Waals surface area contributed by atoms with Gasteiger partial charge in [-0.1, -0.05) is 62.4 Å². The zero-order chi connectivity index (χ0) is 23.1. The Hall–Kier alpha value is -3.35. The molecule has 2 aromatic rings. The SMILES string of the molecule is CC(CCNC(=O)OCC1c2ccccc2-c2ccccc21)CC(=O)NCC(C)C(=O)O. The van der Waals surface area contributed by atoms with Gasteiger partial charge in [-0.05, 0) is 34.6 Å². The number of alkyl carbamates (subject to hydrolysis) is 1. The topological polar surface area (TPSA) is 105 Å². The van der Waals surface area contributed by atoms with Gasteiger partial charge in [-0.3, -0.25) is 9.59 Å². The highest BCUT2D eigenvalue weighted by Gasteiger charge is 2.29. The first kappa shape index (κ1) is 23.3. The van der Waals surface area contributed by atoms with E-state index in [1.807, 2.05) is 31.2 Å². The fourth-order valence-corrected chi connectivity index (χ4v) is 3.92. The van der Waals surface area contributed by atoms with E-state index in [0.717, 1.165) is 0 Å². The molecule has 0 heterocycles. The van der Waals surface area contributed by atoms with Crippen molar-refractivity contribution in [2.75, 3.05) is 19.7 Å². The smallest absolute Gasteiger partial charge is 0.407 e. The third kappa shape index (κ3) is 5.87. The standard InChI is InChI=1S/C25H30N2O5/c1-16(13-23(28)27-14-17(2)24(29)30)11-12-26-25(31)32-15-22-20-9-5-3-7-18(20)19-8-4-6-10-21(19)22/h3-10,16-17,22H,11-15H2,1-2H3,(H,26,31)(H,27,28)(H,29,30). The molecule has 1 aliphatic rings. The minimum Gasteiger partial charge on any atom is -0.481 e. The van der Waals surface area contributed by atoms with E-state index in [4.69, 9.17) is 9.84 Å². The fourth-order valence-electron chi connectivity index (χ4n) is 3.92. The molecule has 0 fully saturated rings. The van der Waals surface area contributed by atoms with Gasteiger partial charge in [0.2, 0.25) is 5.91 Å². The molecule has 1 aliphatic carbocycles. The molecule has 3 rings (SSSR count). The third-order valence-electron chi connectivity index (χ3n) is 5.81. The van der Waals surface area contributed by atoms with Gasteiger partial charge >= 0.3 is 12.1 Å². The molecule has 2 atom stereocenters. The van der Waals surface area contributed by atoms with E-state index in [9.17, 15) is 14.4 Å². The zero-order valence-electron chi connectivity index (χ0n) is 18.5. The number of rotatable bonds is 10. The summed E-state index contributed by atoms with van der Waals surface area (Å²) in [6.45, 7) is 4.24. The number of hydrogen-bond acceptors (Lipinski definition) is 4. The maximum atomic E-state index is 12.2. The summed E-state index contributed by atoms with van der Waals surface area (Å²) in [5.41, 5.74) is 4.70. The Balaban J connectivity index is 1.40. The summed E-state index contributed by atoms with van der Waals surface area (Å²) in [6, 6.07) is 16.4. The average Bonchev–Trinajstić information content (AvgIpc) is 3.09. The summed E-state index contributed by atoms with van der Waals surface area (Å²) in [5.74, 6) is -1.69. The molecule has 32 heavy (non-hydrogen) atoms. The highest BCUT2D eigenvalue weighted by molar-refractivity contribution is 5.79. The lowest BCUT2D eigenvalue weighted by Gasteiger charge is -2.16. The van der Waals surface area contributed by atoms with Gasteiger partial charge in [0.1, 0.15) is 6.61 Å². The van der Waals surface area contributed by atoms with Crippen LogP contribution in [0.4, 0.5) is 4.79 Å². The highest BCUT2D eigenvalue weighted by atomic mass is 16.5. The van der Waals surface area contributed by atoms with Crippen LogP contribution >= 0.6 is 0 Å². The molecule has 0 aliphatic heterocycles. The van der Waals surface area contributed by atoms with Gasteiger partial charge in [0.15, 0.2) is 0 Å². The molecule has 0 aromatic heterocycles. The maximum absolute atomic E-state index is 12.2. The molecule has 2 aromatic carbocycles. The van der Waals surface area contributed by atoms with Gasteiger partial charge in [0.25, 0.3) is 0 Å². The second kappa shape index (κ2) is 10.8. The summed E-state index contributed by atoms with van der Waals surface area (Å²) in [5, 5.41) is 14.2. The molecule has 2 unspecified atom stereocenters. The minimum absolute atomic E-state index is 0.0176. The first-order chi connectivity index (χ1) is 15.4. The second-order valence-corrected chi connectivity index (χ2v) is 8.39. The van der Waals surface area contributed by atoms with Crippen LogP contribution in [0.2, 0.25) is 0 Å². The van der Waals surface area contributed by atoms with Crippen LogP contribution < -0.4 is 10.6 Å². The number of carboxylic acid groups (broad SMARTS) is 1. The van der Waals surface area contributed by atoms with Gasteiger partial charge in [-0.25, -0.2) is 4.79 Å². The van der Waals surface area contributed by atoms with Gasteiger partial charge < -0.3 is 20.5 Å². The van der Waals surface area contributed by atoms with Crippen LogP contribution in [0.1, 0.15) is 43.7 Å². The van der Waals surface area contributed by atoms with Crippen molar-refractivity contribution in [3.8, 4) is 11.1 Å². The first-order valence-electron chi connectivity index (χ1n) is 10.9. The number of carboxylic acids is 1. The molecular formula is C25H30N2O5. The zero-order valence-corrected chi connectivity index (χ0v) is 18.5. The minimum atomic E-state index is -0.939. The van der Waals surface area contributed by atoms with E-state index in [0.29, 0.717) is 13.0 Å². The van der Waals surface area contributed by atoms with Gasteiger partial charge in [-0.15, -0.1) is 0 Å². The quantitative estimate of drug-likeness (QED) is 0.524. The molecule has 170 valence electrons. The summed E-state index contributed by atoms with van der Waals surface area (Å²) in [6.07, 6.45) is 0.420. The molecule has 2 amide bonds. The number of nitrogens with one attached hydrogen (secondary N) is 2. The molecule has 0 radical (unpaired) electrons. The van der Waals surface area contributed by atoms with E-state index in [2.05, 4.69) is 34.9 Å². The van der Waals surface area contributed by atoms with E-state index < -0.39 is 18.0 Å². The molecule has 0 spiro atoms. The number of amides is 2. The average molecular weight is 439 g/mol. The third-order valence-corrected chi connectivity index (χ3v) is 5.81. The monoisotopic (exact) mass is 438 g/mol. The lowest BCUT2D eigenvalue weighted by atomic mass is 9.98. The largest absolute Gasteiger partial charge is 0.481 e. The molecule has 0 saturated heterocycles. The Morgan fingerprint density at radius 2 is 1.56 bits per heavy atom. The van der Waals surface area contributed by atoms with Crippen LogP contribution in [-0.2, 0) is 14.3 Å². The Labute approximate surface area is 188 Å². The number of hydrogen-bond donors (Lipinski definition) is 3. The van der Waals surface area contributed by atoms with Crippen LogP contribution in [-0.4, -0.2) is 42.8 Å². The van der Waals surface area contributed by atoms with Crippen molar-refractivity contribution in [3.63, 3.8) is 0 Å². The second-order valence-electron chi connectivity index (χ2n) is 8.39. The number of carbonyl (C=O) groups excluding carboxylic acids is 2. The lowest BCUT2D eigenvalue weighted by molar-refractivity contribution is -0.141. The van der Waals surface area contributed by atoms with Crippen LogP contribution in [0.15, 0.2) is 48.5 Å². The number of ether oxygens (including phenoxy) is 1. The van der Waals surface area contributed by atoms with Gasteiger partial charge in [-0.2, -0.15) is 0 Å². The summed E-state index contributed by atoms with van der Waals surface area (Å²) in [4.78, 5) is 34.9. The van der Waals surface area contributed by atoms with Crippen molar-refractivity contribution >= 4 is 18.0 Å². The first-order valence-corrected chi connectivity index (χ1v) is 10.9. The van der Waals surface area contributed by atoms with Crippen molar-refractivity contribution in [3.05, 3.63) is 59.7 Å². The molecule has 0 bridgehead atoms.